The Morgan fingerprint density at radius 2 is 2.03 bits per heavy atom. The van der Waals surface area contributed by atoms with Crippen LogP contribution in [0.2, 0.25) is 0 Å². The molecule has 1 saturated heterocycles. The van der Waals surface area contributed by atoms with Gasteiger partial charge in [-0.05, 0) is 53.5 Å². The lowest BCUT2D eigenvalue weighted by Crippen LogP contribution is -2.54. The summed E-state index contributed by atoms with van der Waals surface area (Å²) in [6, 6.07) is 9.13. The topological polar surface area (TPSA) is 103 Å². The fourth-order valence-electron chi connectivity index (χ4n) is 4.77. The minimum Gasteiger partial charge on any atom is -0.493 e. The summed E-state index contributed by atoms with van der Waals surface area (Å²) >= 11 is 3.50. The summed E-state index contributed by atoms with van der Waals surface area (Å²) in [7, 11) is 1.53. The van der Waals surface area contributed by atoms with Crippen LogP contribution in [0.25, 0.3) is 0 Å². The van der Waals surface area contributed by atoms with Gasteiger partial charge in [0.2, 0.25) is 0 Å². The predicted octanol–water partition coefficient (Wildman–Crippen LogP) is 3.42. The highest BCUT2D eigenvalue weighted by atomic mass is 79.9. The summed E-state index contributed by atoms with van der Waals surface area (Å²) in [6.45, 7) is 4.18. The number of rotatable bonds is 5. The van der Waals surface area contributed by atoms with Gasteiger partial charge in [-0.15, -0.1) is 0 Å². The maximum absolute atomic E-state index is 13.1. The Hall–Kier alpha value is -2.65. The molecule has 1 fully saturated rings. The third kappa shape index (κ3) is 2.87. The fourth-order valence-corrected chi connectivity index (χ4v) is 5.34. The molecule has 4 atom stereocenters. The normalized spacial score (nSPS) is 27.1. The van der Waals surface area contributed by atoms with Gasteiger partial charge in [-0.3, -0.25) is 20.2 Å². The molecule has 0 saturated carbocycles. The van der Waals surface area contributed by atoms with Crippen molar-refractivity contribution in [2.24, 2.45) is 0 Å². The van der Waals surface area contributed by atoms with E-state index in [1.807, 2.05) is 19.9 Å². The summed E-state index contributed by atoms with van der Waals surface area (Å²) in [5.74, 6) is 0.0425. The number of methoxy groups -OCH3 is 1. The Morgan fingerprint density at radius 3 is 2.70 bits per heavy atom. The summed E-state index contributed by atoms with van der Waals surface area (Å²) in [5, 5.41) is 18.5. The van der Waals surface area contributed by atoms with E-state index in [9.17, 15) is 14.9 Å². The van der Waals surface area contributed by atoms with Crippen LogP contribution in [0.15, 0.2) is 40.9 Å². The van der Waals surface area contributed by atoms with Gasteiger partial charge in [-0.25, -0.2) is 0 Å². The first-order valence-electron chi connectivity index (χ1n) is 9.67. The van der Waals surface area contributed by atoms with Gasteiger partial charge >= 0.3 is 0 Å². The number of nitro groups is 1. The van der Waals surface area contributed by atoms with Crippen molar-refractivity contribution in [3.8, 4) is 11.5 Å². The van der Waals surface area contributed by atoms with Gasteiger partial charge in [0.1, 0.15) is 0 Å². The van der Waals surface area contributed by atoms with Gasteiger partial charge in [0.05, 0.1) is 24.1 Å². The van der Waals surface area contributed by atoms with Crippen molar-refractivity contribution in [2.75, 3.05) is 19.0 Å². The fraction of sp³-hybridized carbons (Fsp3) is 0.381. The van der Waals surface area contributed by atoms with Crippen molar-refractivity contribution in [1.29, 1.82) is 0 Å². The molecule has 2 aliphatic rings. The molecule has 1 spiro atoms. The number of anilines is 1. The van der Waals surface area contributed by atoms with E-state index in [-0.39, 0.29) is 11.0 Å². The number of benzene rings is 2. The van der Waals surface area contributed by atoms with Crippen molar-refractivity contribution < 1.29 is 19.2 Å². The lowest BCUT2D eigenvalue weighted by molar-refractivity contribution is -0.532. The van der Waals surface area contributed by atoms with E-state index in [0.717, 1.165) is 0 Å². The van der Waals surface area contributed by atoms with Crippen LogP contribution in [0, 0.1) is 10.1 Å². The number of carbonyl (C=O) groups is 1. The minimum atomic E-state index is -1.44. The van der Waals surface area contributed by atoms with E-state index in [1.54, 1.807) is 30.3 Å². The maximum Gasteiger partial charge on any atom is 0.256 e. The zero-order chi connectivity index (χ0) is 21.6. The molecule has 0 aliphatic carbocycles. The molecular weight excluding hydrogens is 454 g/mol. The second kappa shape index (κ2) is 7.55. The number of para-hydroxylation sites is 1. The van der Waals surface area contributed by atoms with Crippen molar-refractivity contribution in [2.45, 2.75) is 37.4 Å². The number of nitrogens with one attached hydrogen (secondary N) is 2. The third-order valence-corrected chi connectivity index (χ3v) is 6.48. The van der Waals surface area contributed by atoms with Crippen LogP contribution in [-0.4, -0.2) is 36.6 Å². The SMILES string of the molecule is CCOc1c(Br)cc([C@@H]2[C@H](C)N[C@@]3(C(=O)Nc4ccccc43)[C@@H]2[N+](=O)[O-])cc1OC. The lowest BCUT2D eigenvalue weighted by atomic mass is 9.78. The smallest absolute Gasteiger partial charge is 0.256 e. The van der Waals surface area contributed by atoms with Crippen LogP contribution in [0.1, 0.15) is 30.9 Å². The molecule has 2 aromatic carbocycles. The van der Waals surface area contributed by atoms with Gasteiger partial charge in [0.25, 0.3) is 11.9 Å². The minimum absolute atomic E-state index is 0.341. The van der Waals surface area contributed by atoms with Crippen molar-refractivity contribution in [1.82, 2.24) is 5.32 Å². The van der Waals surface area contributed by atoms with Crippen molar-refractivity contribution in [3.63, 3.8) is 0 Å². The third-order valence-electron chi connectivity index (χ3n) is 5.89. The molecule has 8 nitrogen and oxygen atoms in total. The van der Waals surface area contributed by atoms with E-state index >= 15 is 0 Å². The molecule has 0 radical (unpaired) electrons. The van der Waals surface area contributed by atoms with Crippen LogP contribution >= 0.6 is 15.9 Å². The molecular formula is C21H22BrN3O5. The number of ether oxygens (including phenoxy) is 2. The van der Waals surface area contributed by atoms with Gasteiger partial charge in [-0.2, -0.15) is 0 Å². The highest BCUT2D eigenvalue weighted by molar-refractivity contribution is 9.10. The first-order valence-corrected chi connectivity index (χ1v) is 10.5. The Morgan fingerprint density at radius 1 is 1.30 bits per heavy atom. The van der Waals surface area contributed by atoms with Crippen molar-refractivity contribution >= 4 is 27.5 Å². The Bertz CT molecular complexity index is 1030. The maximum atomic E-state index is 13.1. The molecule has 158 valence electrons. The van der Waals surface area contributed by atoms with Gasteiger partial charge < -0.3 is 14.8 Å². The van der Waals surface area contributed by atoms with Crippen LogP contribution in [0.4, 0.5) is 5.69 Å². The van der Waals surface area contributed by atoms with Crippen molar-refractivity contribution in [3.05, 3.63) is 62.1 Å². The summed E-state index contributed by atoms with van der Waals surface area (Å²) in [5.41, 5.74) is 0.448. The number of fused-ring (bicyclic) bond motifs is 2. The van der Waals surface area contributed by atoms with Gasteiger partial charge in [0.15, 0.2) is 17.0 Å². The molecule has 2 heterocycles. The molecule has 4 rings (SSSR count). The van der Waals surface area contributed by atoms with E-state index in [0.29, 0.717) is 39.4 Å². The zero-order valence-corrected chi connectivity index (χ0v) is 18.4. The molecule has 0 bridgehead atoms. The van der Waals surface area contributed by atoms with E-state index < -0.39 is 23.4 Å². The average Bonchev–Trinajstić information content (AvgIpc) is 3.18. The molecule has 0 unspecified atom stereocenters. The second-order valence-corrected chi connectivity index (χ2v) is 8.32. The molecule has 2 aliphatic heterocycles. The van der Waals surface area contributed by atoms with E-state index in [2.05, 4.69) is 26.6 Å². The van der Waals surface area contributed by atoms with Crippen LogP contribution in [-0.2, 0) is 10.3 Å². The molecule has 30 heavy (non-hydrogen) atoms. The van der Waals surface area contributed by atoms with E-state index in [4.69, 9.17) is 9.47 Å². The van der Waals surface area contributed by atoms with Gasteiger partial charge in [0, 0.05) is 22.2 Å². The summed E-state index contributed by atoms with van der Waals surface area (Å²) in [4.78, 5) is 25.1. The lowest BCUT2D eigenvalue weighted by Gasteiger charge is -2.25. The Balaban J connectivity index is 1.87. The summed E-state index contributed by atoms with van der Waals surface area (Å²) in [6.07, 6.45) is 0. The first kappa shape index (κ1) is 20.6. The summed E-state index contributed by atoms with van der Waals surface area (Å²) < 4.78 is 11.8. The standard InChI is InChI=1S/C21H22BrN3O5/c1-4-30-18-14(22)9-12(10-16(18)29-3)17-11(2)24-21(19(17)25(27)28)13-7-5-6-8-15(13)23-20(21)26/h5-11,17,19,24H,4H2,1-3H3,(H,23,26)/t11-,17-,19+,21+/m0/s1. The number of nitrogens with zero attached hydrogens (tertiary/aromatic N) is 1. The Labute approximate surface area is 182 Å². The molecule has 1 amide bonds. The highest BCUT2D eigenvalue weighted by Gasteiger charge is 2.67. The molecule has 0 aromatic heterocycles. The molecule has 9 heteroatoms. The number of hydrogen-bond acceptors (Lipinski definition) is 6. The number of carbonyl (C=O) groups excluding carboxylic acids is 1. The molecule has 2 N–H and O–H groups in total. The monoisotopic (exact) mass is 475 g/mol. The predicted molar refractivity (Wildman–Crippen MR) is 115 cm³/mol. The van der Waals surface area contributed by atoms with Gasteiger partial charge in [-0.1, -0.05) is 18.2 Å². The quantitative estimate of drug-likeness (QED) is 0.507. The number of halogens is 1. The van der Waals surface area contributed by atoms with Crippen LogP contribution < -0.4 is 20.1 Å². The number of hydrogen-bond donors (Lipinski definition) is 2. The van der Waals surface area contributed by atoms with Crippen LogP contribution in [0.5, 0.6) is 11.5 Å². The van der Waals surface area contributed by atoms with E-state index in [1.165, 1.54) is 7.11 Å². The second-order valence-electron chi connectivity index (χ2n) is 7.46. The number of amides is 1. The highest BCUT2D eigenvalue weighted by Crippen LogP contribution is 2.51. The zero-order valence-electron chi connectivity index (χ0n) is 16.8. The average molecular weight is 476 g/mol. The first-order chi connectivity index (χ1) is 14.3. The largest absolute Gasteiger partial charge is 0.493 e. The Kier molecular flexibility index (Phi) is 5.19. The van der Waals surface area contributed by atoms with Crippen LogP contribution in [0.3, 0.4) is 0 Å². The molecule has 2 aromatic rings.